The van der Waals surface area contributed by atoms with Crippen molar-refractivity contribution in [3.63, 3.8) is 0 Å². The van der Waals surface area contributed by atoms with E-state index in [1.807, 2.05) is 0 Å². The highest BCUT2D eigenvalue weighted by atomic mass is 32.2. The van der Waals surface area contributed by atoms with E-state index < -0.39 is 15.9 Å². The molecule has 0 aliphatic rings. The zero-order valence-corrected chi connectivity index (χ0v) is 17.0. The van der Waals surface area contributed by atoms with E-state index in [4.69, 9.17) is 0 Å². The molecule has 7 nitrogen and oxygen atoms in total. The molecule has 0 radical (unpaired) electrons. The third-order valence-electron chi connectivity index (χ3n) is 3.70. The number of sulfonamides is 1. The van der Waals surface area contributed by atoms with Crippen molar-refractivity contribution in [3.05, 3.63) is 65.2 Å². The Morgan fingerprint density at radius 1 is 1.07 bits per heavy atom. The van der Waals surface area contributed by atoms with Gasteiger partial charge in [0.1, 0.15) is 5.01 Å². The number of amides is 1. The summed E-state index contributed by atoms with van der Waals surface area (Å²) in [6.07, 6.45) is 0.784. The van der Waals surface area contributed by atoms with E-state index in [0.29, 0.717) is 16.7 Å². The minimum Gasteiger partial charge on any atom is -0.296 e. The lowest BCUT2D eigenvalue weighted by Gasteiger charge is -2.09. The van der Waals surface area contributed by atoms with Gasteiger partial charge in [-0.3, -0.25) is 14.8 Å². The molecule has 0 aliphatic heterocycles. The minimum absolute atomic E-state index is 0.00163. The molecule has 28 heavy (non-hydrogen) atoms. The Morgan fingerprint density at radius 3 is 2.54 bits per heavy atom. The van der Waals surface area contributed by atoms with Crippen molar-refractivity contribution in [2.45, 2.75) is 25.2 Å². The topological polar surface area (TPSA) is 101 Å². The third kappa shape index (κ3) is 5.14. The molecule has 0 saturated carbocycles. The van der Waals surface area contributed by atoms with Crippen LogP contribution in [0.15, 0.2) is 59.5 Å². The van der Waals surface area contributed by atoms with Crippen LogP contribution in [0.3, 0.4) is 0 Å². The van der Waals surface area contributed by atoms with Gasteiger partial charge in [-0.15, -0.1) is 10.2 Å². The normalized spacial score (nSPS) is 11.4. The predicted octanol–water partition coefficient (Wildman–Crippen LogP) is 3.79. The van der Waals surface area contributed by atoms with E-state index in [2.05, 4.69) is 34.1 Å². The number of carbonyl (C=O) groups excluding carboxylic acids is 1. The van der Waals surface area contributed by atoms with Gasteiger partial charge in [-0.1, -0.05) is 49.4 Å². The monoisotopic (exact) mass is 416 g/mol. The van der Waals surface area contributed by atoms with Gasteiger partial charge in [0.25, 0.3) is 15.9 Å². The highest BCUT2D eigenvalue weighted by molar-refractivity contribution is 7.92. The van der Waals surface area contributed by atoms with Crippen LogP contribution in [0.4, 0.5) is 10.8 Å². The Labute approximate surface area is 167 Å². The Morgan fingerprint density at radius 2 is 1.82 bits per heavy atom. The summed E-state index contributed by atoms with van der Waals surface area (Å²) in [6, 6.07) is 14.4. The first-order chi connectivity index (χ1) is 13.3. The molecule has 3 aromatic rings. The Bertz CT molecular complexity index is 1060. The van der Waals surface area contributed by atoms with Crippen molar-refractivity contribution < 1.29 is 13.2 Å². The predicted molar refractivity (Wildman–Crippen MR) is 110 cm³/mol. The first-order valence-corrected chi connectivity index (χ1v) is 10.9. The summed E-state index contributed by atoms with van der Waals surface area (Å²) in [5, 5.41) is 11.9. The average Bonchev–Trinajstić information content (AvgIpc) is 3.08. The summed E-state index contributed by atoms with van der Waals surface area (Å²) >= 11 is 1.31. The molecule has 0 bridgehead atoms. The molecule has 0 aliphatic carbocycles. The minimum atomic E-state index is -3.81. The zero-order valence-electron chi connectivity index (χ0n) is 15.4. The van der Waals surface area contributed by atoms with Gasteiger partial charge < -0.3 is 0 Å². The van der Waals surface area contributed by atoms with Gasteiger partial charge >= 0.3 is 0 Å². The van der Waals surface area contributed by atoms with Gasteiger partial charge in [0, 0.05) is 17.7 Å². The second-order valence-corrected chi connectivity index (χ2v) is 9.30. The van der Waals surface area contributed by atoms with Crippen LogP contribution in [0.25, 0.3) is 0 Å². The fraction of sp³-hybridized carbons (Fsp3) is 0.211. The maximum absolute atomic E-state index is 12.6. The maximum atomic E-state index is 12.6. The summed E-state index contributed by atoms with van der Waals surface area (Å²) < 4.78 is 27.6. The van der Waals surface area contributed by atoms with E-state index >= 15 is 0 Å². The molecule has 2 N–H and O–H groups in total. The molecule has 2 aromatic carbocycles. The first-order valence-electron chi connectivity index (χ1n) is 8.65. The maximum Gasteiger partial charge on any atom is 0.261 e. The summed E-state index contributed by atoms with van der Waals surface area (Å²) in [4.78, 5) is 12.5. The van der Waals surface area contributed by atoms with Crippen LogP contribution in [0.5, 0.6) is 0 Å². The van der Waals surface area contributed by atoms with Crippen LogP contribution in [-0.4, -0.2) is 24.5 Å². The Hall–Kier alpha value is -2.78. The van der Waals surface area contributed by atoms with Crippen molar-refractivity contribution in [2.75, 3.05) is 10.0 Å². The van der Waals surface area contributed by atoms with Crippen LogP contribution in [-0.2, 0) is 16.4 Å². The quantitative estimate of drug-likeness (QED) is 0.610. The summed E-state index contributed by atoms with van der Waals surface area (Å²) in [6.45, 7) is 4.16. The van der Waals surface area contributed by atoms with Crippen LogP contribution in [0, 0.1) is 5.92 Å². The summed E-state index contributed by atoms with van der Waals surface area (Å²) in [5.74, 6) is -0.000452. The fourth-order valence-electron chi connectivity index (χ4n) is 2.43. The SMILES string of the molecule is CC(C)Cc1nnc(NC(=O)c2cccc(S(=O)(=O)Nc3ccccc3)c2)s1. The van der Waals surface area contributed by atoms with E-state index in [1.165, 1.54) is 29.5 Å². The molecule has 1 heterocycles. The molecule has 3 rings (SSSR count). The van der Waals surface area contributed by atoms with Crippen molar-refractivity contribution in [2.24, 2.45) is 5.92 Å². The average molecular weight is 417 g/mol. The van der Waals surface area contributed by atoms with Gasteiger partial charge in [0.05, 0.1) is 4.90 Å². The molecule has 9 heteroatoms. The number of carbonyl (C=O) groups is 1. The van der Waals surface area contributed by atoms with Crippen LogP contribution >= 0.6 is 11.3 Å². The summed E-state index contributed by atoms with van der Waals surface area (Å²) in [7, 11) is -3.81. The Kier molecular flexibility index (Phi) is 6.05. The van der Waals surface area contributed by atoms with E-state index in [0.717, 1.165) is 11.4 Å². The van der Waals surface area contributed by atoms with Gasteiger partial charge in [0.15, 0.2) is 0 Å². The number of nitrogens with zero attached hydrogens (tertiary/aromatic N) is 2. The number of rotatable bonds is 7. The van der Waals surface area contributed by atoms with Crippen molar-refractivity contribution >= 4 is 38.1 Å². The molecule has 0 unspecified atom stereocenters. The van der Waals surface area contributed by atoms with Crippen LogP contribution in [0.2, 0.25) is 0 Å². The van der Waals surface area contributed by atoms with E-state index in [9.17, 15) is 13.2 Å². The number of benzene rings is 2. The van der Waals surface area contributed by atoms with Crippen molar-refractivity contribution in [1.82, 2.24) is 10.2 Å². The second kappa shape index (κ2) is 8.49. The number of para-hydroxylation sites is 1. The second-order valence-electron chi connectivity index (χ2n) is 6.55. The number of anilines is 2. The lowest BCUT2D eigenvalue weighted by Crippen LogP contribution is -2.15. The smallest absolute Gasteiger partial charge is 0.261 e. The molecule has 0 atom stereocenters. The highest BCUT2D eigenvalue weighted by Gasteiger charge is 2.17. The standard InChI is InChI=1S/C19H20N4O3S2/c1-13(2)11-17-21-22-19(27-17)20-18(24)14-7-6-10-16(12-14)28(25,26)23-15-8-4-3-5-9-15/h3-10,12-13,23H,11H2,1-2H3,(H,20,22,24). The van der Waals surface area contributed by atoms with Crippen LogP contribution < -0.4 is 10.0 Å². The van der Waals surface area contributed by atoms with Gasteiger partial charge in [-0.05, 0) is 36.2 Å². The first kappa shape index (κ1) is 20.0. The summed E-state index contributed by atoms with van der Waals surface area (Å²) in [5.41, 5.74) is 0.667. The zero-order chi connectivity index (χ0) is 20.1. The molecule has 1 amide bonds. The number of hydrogen-bond donors (Lipinski definition) is 2. The lowest BCUT2D eigenvalue weighted by atomic mass is 10.1. The van der Waals surface area contributed by atoms with Gasteiger partial charge in [-0.2, -0.15) is 0 Å². The molecule has 146 valence electrons. The number of aromatic nitrogens is 2. The van der Waals surface area contributed by atoms with Crippen molar-refractivity contribution in [1.29, 1.82) is 0 Å². The number of hydrogen-bond acceptors (Lipinski definition) is 6. The van der Waals surface area contributed by atoms with Crippen LogP contribution in [0.1, 0.15) is 29.2 Å². The van der Waals surface area contributed by atoms with Crippen molar-refractivity contribution in [3.8, 4) is 0 Å². The third-order valence-corrected chi connectivity index (χ3v) is 5.94. The fourth-order valence-corrected chi connectivity index (χ4v) is 4.48. The molecule has 0 spiro atoms. The molecule has 0 fully saturated rings. The molecular weight excluding hydrogens is 396 g/mol. The van der Waals surface area contributed by atoms with E-state index in [1.54, 1.807) is 36.4 Å². The molecule has 1 aromatic heterocycles. The Balaban J connectivity index is 1.75. The lowest BCUT2D eigenvalue weighted by molar-refractivity contribution is 0.102. The van der Waals surface area contributed by atoms with E-state index in [-0.39, 0.29) is 10.5 Å². The number of nitrogens with one attached hydrogen (secondary N) is 2. The molecular formula is C19H20N4O3S2. The largest absolute Gasteiger partial charge is 0.296 e. The molecule has 0 saturated heterocycles. The van der Waals surface area contributed by atoms with Gasteiger partial charge in [0.2, 0.25) is 5.13 Å². The highest BCUT2D eigenvalue weighted by Crippen LogP contribution is 2.20. The van der Waals surface area contributed by atoms with Gasteiger partial charge in [-0.25, -0.2) is 8.42 Å².